The fraction of sp³-hybridized carbons (Fsp3) is 0.590. The lowest BCUT2D eigenvalue weighted by Crippen LogP contribution is -2.49. The molecule has 16 heteroatoms. The van der Waals surface area contributed by atoms with Crippen LogP contribution in [0.15, 0.2) is 42.0 Å². The van der Waals surface area contributed by atoms with Gasteiger partial charge in [0.2, 0.25) is 23.6 Å². The number of rotatable bonds is 18. The molecule has 0 saturated carbocycles. The Morgan fingerprint density at radius 1 is 1.24 bits per heavy atom. The van der Waals surface area contributed by atoms with E-state index in [1.165, 1.54) is 44.7 Å². The van der Waals surface area contributed by atoms with Crippen LogP contribution in [-0.4, -0.2) is 121 Å². The maximum atomic E-state index is 13.4. The number of hydrogen-bond donors (Lipinski definition) is 2. The highest BCUT2D eigenvalue weighted by Gasteiger charge is 2.63. The van der Waals surface area contributed by atoms with Crippen LogP contribution < -0.4 is 15.4 Å². The second-order valence-corrected chi connectivity index (χ2v) is 16.2. The average molecular weight is 805 g/mol. The van der Waals surface area contributed by atoms with Crippen molar-refractivity contribution in [1.82, 2.24) is 20.4 Å². The Hall–Kier alpha value is -4.08. The molecule has 3 aliphatic rings. The topological polar surface area (TPSA) is 173 Å². The highest BCUT2D eigenvalue weighted by Crippen LogP contribution is 2.48. The molecule has 55 heavy (non-hydrogen) atoms. The van der Waals surface area contributed by atoms with E-state index in [9.17, 15) is 28.8 Å². The molecule has 302 valence electrons. The van der Waals surface area contributed by atoms with Gasteiger partial charge in [-0.3, -0.25) is 24.1 Å². The van der Waals surface area contributed by atoms with Crippen molar-refractivity contribution in [2.24, 2.45) is 5.92 Å². The van der Waals surface area contributed by atoms with Crippen LogP contribution in [0.25, 0.3) is 0 Å². The number of epoxide rings is 1. The smallest absolute Gasteiger partial charge is 0.407 e. The number of carbonyl (C=O) groups excluding carboxylic acids is 6. The third kappa shape index (κ3) is 11.3. The molecular formula is C39H53ClN4O10S. The van der Waals surface area contributed by atoms with E-state index >= 15 is 0 Å². The van der Waals surface area contributed by atoms with Crippen molar-refractivity contribution in [1.29, 1.82) is 0 Å². The van der Waals surface area contributed by atoms with Gasteiger partial charge in [-0.25, -0.2) is 9.59 Å². The Morgan fingerprint density at radius 3 is 2.62 bits per heavy atom. The van der Waals surface area contributed by atoms with Crippen LogP contribution in [0.1, 0.15) is 65.4 Å². The highest BCUT2D eigenvalue weighted by atomic mass is 35.5. The number of amides is 5. The van der Waals surface area contributed by atoms with Gasteiger partial charge < -0.3 is 34.5 Å². The first-order chi connectivity index (χ1) is 26.0. The second kappa shape index (κ2) is 19.2. The zero-order chi connectivity index (χ0) is 40.6. The Morgan fingerprint density at radius 2 is 1.96 bits per heavy atom. The Labute approximate surface area is 332 Å². The molecular weight excluding hydrogens is 752 g/mol. The van der Waals surface area contributed by atoms with Gasteiger partial charge in [-0.1, -0.05) is 48.4 Å². The Bertz CT molecular complexity index is 1690. The standard InChI is InChI=1S/C39H53ClN4O10S/c1-22(17-25-13-14-27(40)29(18-25)51-8)11-9-10-12-26-19-28(52-38(50)42-26)23(2)35-39(4,54-35)31(21-32(45)41-5)53-37(49)24(3)43(6)33(46)15-16-55-30-20-34(47)44(7)36(30)48/h9-11,13-14,18,23-24,26,28,30-31,35H,12,15-17,19-21H2,1-8H3,(H,41,45)(H,42,50)/b10-9+,22-11+/t23-,24+,26?,28?,30?,31+,35+,39+/m1/s1. The van der Waals surface area contributed by atoms with Gasteiger partial charge in [0, 0.05) is 58.1 Å². The number of imide groups is 1. The predicted octanol–water partition coefficient (Wildman–Crippen LogP) is 4.22. The van der Waals surface area contributed by atoms with Crippen LogP contribution in [0.2, 0.25) is 5.02 Å². The molecule has 0 aromatic heterocycles. The number of hydrogen-bond acceptors (Lipinski definition) is 11. The molecule has 4 rings (SSSR count). The number of methoxy groups -OCH3 is 1. The fourth-order valence-electron chi connectivity index (χ4n) is 6.76. The lowest BCUT2D eigenvalue weighted by molar-refractivity contribution is -0.162. The highest BCUT2D eigenvalue weighted by molar-refractivity contribution is 8.00. The van der Waals surface area contributed by atoms with E-state index in [1.807, 2.05) is 50.3 Å². The summed E-state index contributed by atoms with van der Waals surface area (Å²) in [5.41, 5.74) is 1.15. The Balaban J connectivity index is 1.31. The van der Waals surface area contributed by atoms with Crippen molar-refractivity contribution in [3.05, 3.63) is 52.6 Å². The van der Waals surface area contributed by atoms with Gasteiger partial charge in [-0.15, -0.1) is 11.8 Å². The molecule has 5 amide bonds. The number of carbonyl (C=O) groups is 6. The zero-order valence-corrected chi connectivity index (χ0v) is 34.3. The molecule has 3 saturated heterocycles. The van der Waals surface area contributed by atoms with E-state index in [0.717, 1.165) is 22.5 Å². The van der Waals surface area contributed by atoms with Gasteiger partial charge in [0.15, 0.2) is 0 Å². The summed E-state index contributed by atoms with van der Waals surface area (Å²) >= 11 is 7.38. The number of allylic oxidation sites excluding steroid dienone is 3. The quantitative estimate of drug-likeness (QED) is 0.0942. The maximum absolute atomic E-state index is 13.4. The van der Waals surface area contributed by atoms with E-state index in [2.05, 4.69) is 10.6 Å². The van der Waals surface area contributed by atoms with E-state index in [-0.39, 0.29) is 54.9 Å². The summed E-state index contributed by atoms with van der Waals surface area (Å²) in [4.78, 5) is 77.9. The number of halogens is 1. The molecule has 2 N–H and O–H groups in total. The van der Waals surface area contributed by atoms with Crippen molar-refractivity contribution in [3.8, 4) is 5.75 Å². The van der Waals surface area contributed by atoms with Crippen LogP contribution >= 0.6 is 23.4 Å². The predicted molar refractivity (Wildman–Crippen MR) is 208 cm³/mol. The molecule has 3 unspecified atom stereocenters. The summed E-state index contributed by atoms with van der Waals surface area (Å²) < 4.78 is 23.1. The SMILES string of the molecule is CNC(=O)C[C@H](OC(=O)[C@H](C)N(C)C(=O)CCSC1CC(=O)N(C)C1=O)[C@]1(C)O[C@H]1[C@H](C)C1CC(C/C=C/C=C(\C)Cc2ccc(Cl)c(OC)c2)NC(=O)O1. The number of likely N-dealkylation sites (N-methyl/N-ethyl adjacent to an activating group) is 1. The number of ether oxygens (including phenoxy) is 4. The van der Waals surface area contributed by atoms with Crippen LogP contribution in [0.4, 0.5) is 4.79 Å². The van der Waals surface area contributed by atoms with Gasteiger partial charge >= 0.3 is 12.1 Å². The number of thioether (sulfide) groups is 1. The minimum absolute atomic E-state index is 0.0466. The number of likely N-dealkylation sites (tertiary alicyclic amines) is 1. The third-order valence-corrected chi connectivity index (χ3v) is 12.0. The molecule has 0 radical (unpaired) electrons. The monoisotopic (exact) mass is 804 g/mol. The summed E-state index contributed by atoms with van der Waals surface area (Å²) in [6.45, 7) is 7.23. The minimum atomic E-state index is -1.05. The summed E-state index contributed by atoms with van der Waals surface area (Å²) in [6, 6.07) is 4.53. The van der Waals surface area contributed by atoms with Crippen LogP contribution in [0.5, 0.6) is 5.75 Å². The molecule has 0 aliphatic carbocycles. The van der Waals surface area contributed by atoms with Gasteiger partial charge in [0.1, 0.15) is 29.6 Å². The van der Waals surface area contributed by atoms with Crippen LogP contribution in [0, 0.1) is 5.92 Å². The molecule has 14 nitrogen and oxygen atoms in total. The largest absolute Gasteiger partial charge is 0.495 e. The molecule has 3 aliphatic heterocycles. The first-order valence-electron chi connectivity index (χ1n) is 18.4. The molecule has 3 fully saturated rings. The van der Waals surface area contributed by atoms with Gasteiger partial charge in [-0.05, 0) is 51.3 Å². The van der Waals surface area contributed by atoms with Crippen molar-refractivity contribution in [2.75, 3.05) is 34.0 Å². The lowest BCUT2D eigenvalue weighted by Gasteiger charge is -2.33. The minimum Gasteiger partial charge on any atom is -0.495 e. The fourth-order valence-corrected chi connectivity index (χ4v) is 8.09. The van der Waals surface area contributed by atoms with Gasteiger partial charge in [0.25, 0.3) is 0 Å². The molecule has 0 spiro atoms. The number of esters is 1. The lowest BCUT2D eigenvalue weighted by atomic mass is 9.85. The molecule has 0 bridgehead atoms. The first kappa shape index (κ1) is 43.6. The summed E-state index contributed by atoms with van der Waals surface area (Å²) in [5.74, 6) is -1.32. The number of nitrogens with zero attached hydrogens (tertiary/aromatic N) is 2. The van der Waals surface area contributed by atoms with Gasteiger partial charge in [-0.2, -0.15) is 0 Å². The van der Waals surface area contributed by atoms with Crippen LogP contribution in [-0.2, 0) is 44.6 Å². The molecule has 1 aromatic carbocycles. The molecule has 8 atom stereocenters. The number of alkyl carbamates (subject to hydrolysis) is 1. The third-order valence-electron chi connectivity index (χ3n) is 10.5. The Kier molecular flexibility index (Phi) is 15.2. The van der Waals surface area contributed by atoms with Crippen molar-refractivity contribution in [2.45, 2.75) is 107 Å². The van der Waals surface area contributed by atoms with E-state index in [1.54, 1.807) is 14.0 Å². The van der Waals surface area contributed by atoms with E-state index in [4.69, 9.17) is 30.5 Å². The first-order valence-corrected chi connectivity index (χ1v) is 19.8. The normalized spacial score (nSPS) is 25.5. The number of cyclic esters (lactones) is 1. The van der Waals surface area contributed by atoms with Crippen molar-refractivity contribution in [3.63, 3.8) is 0 Å². The maximum Gasteiger partial charge on any atom is 0.407 e. The van der Waals surface area contributed by atoms with Crippen molar-refractivity contribution < 1.29 is 47.7 Å². The van der Waals surface area contributed by atoms with E-state index < -0.39 is 47.3 Å². The van der Waals surface area contributed by atoms with Crippen molar-refractivity contribution >= 4 is 59.1 Å². The molecule has 1 aromatic rings. The summed E-state index contributed by atoms with van der Waals surface area (Å²) in [5, 5.41) is 5.49. The summed E-state index contributed by atoms with van der Waals surface area (Å²) in [7, 11) is 5.99. The number of benzene rings is 1. The molecule has 3 heterocycles. The number of nitrogens with one attached hydrogen (secondary N) is 2. The van der Waals surface area contributed by atoms with Gasteiger partial charge in [0.05, 0.1) is 29.9 Å². The zero-order valence-electron chi connectivity index (χ0n) is 32.7. The summed E-state index contributed by atoms with van der Waals surface area (Å²) in [6.07, 6.45) is 5.27. The van der Waals surface area contributed by atoms with Crippen LogP contribution in [0.3, 0.4) is 0 Å². The average Bonchev–Trinajstić information content (AvgIpc) is 3.79. The van der Waals surface area contributed by atoms with E-state index in [0.29, 0.717) is 29.4 Å². The second-order valence-electron chi connectivity index (χ2n) is 14.5.